The predicted molar refractivity (Wildman–Crippen MR) is 55.4 cm³/mol. The lowest BCUT2D eigenvalue weighted by molar-refractivity contribution is -0.141. The molecule has 5 nitrogen and oxygen atoms in total. The number of methoxy groups -OCH3 is 2. The fraction of sp³-hybridized carbons (Fsp3) is 0.800. The van der Waals surface area contributed by atoms with Crippen molar-refractivity contribution in [3.05, 3.63) is 0 Å². The maximum Gasteiger partial charge on any atom is 0.306 e. The van der Waals surface area contributed by atoms with Crippen molar-refractivity contribution in [2.75, 3.05) is 33.9 Å². The summed E-state index contributed by atoms with van der Waals surface area (Å²) in [6.45, 7) is 4.00. The van der Waals surface area contributed by atoms with Crippen molar-refractivity contribution in [2.45, 2.75) is 19.8 Å². The SMILES string of the molecule is CCN(CCC(=O)OC)CCC(=O)OC. The lowest BCUT2D eigenvalue weighted by atomic mass is 10.3. The average molecular weight is 217 g/mol. The summed E-state index contributed by atoms with van der Waals surface area (Å²) < 4.78 is 9.07. The molecule has 0 spiro atoms. The molecule has 0 amide bonds. The molecule has 0 bridgehead atoms. The molecule has 0 N–H and O–H groups in total. The molecule has 0 radical (unpaired) electrons. The van der Waals surface area contributed by atoms with Gasteiger partial charge in [0.25, 0.3) is 0 Å². The molecule has 0 fully saturated rings. The maximum atomic E-state index is 10.9. The van der Waals surface area contributed by atoms with Crippen LogP contribution >= 0.6 is 0 Å². The van der Waals surface area contributed by atoms with Gasteiger partial charge < -0.3 is 14.4 Å². The first kappa shape index (κ1) is 13.9. The number of nitrogens with zero attached hydrogens (tertiary/aromatic N) is 1. The van der Waals surface area contributed by atoms with Crippen LogP contribution in [-0.2, 0) is 19.1 Å². The zero-order chi connectivity index (χ0) is 11.7. The number of carbonyl (C=O) groups is 2. The fourth-order valence-electron chi connectivity index (χ4n) is 1.13. The second-order valence-electron chi connectivity index (χ2n) is 3.09. The highest BCUT2D eigenvalue weighted by molar-refractivity contribution is 5.70. The Bertz CT molecular complexity index is 186. The Morgan fingerprint density at radius 3 is 1.67 bits per heavy atom. The molecular weight excluding hydrogens is 198 g/mol. The molecule has 0 atom stereocenters. The summed E-state index contributed by atoms with van der Waals surface area (Å²) in [5.74, 6) is -0.460. The van der Waals surface area contributed by atoms with Gasteiger partial charge in [-0.15, -0.1) is 0 Å². The highest BCUT2D eigenvalue weighted by Gasteiger charge is 2.08. The van der Waals surface area contributed by atoms with Crippen LogP contribution in [0.3, 0.4) is 0 Å². The number of hydrogen-bond donors (Lipinski definition) is 0. The van der Waals surface area contributed by atoms with Crippen LogP contribution in [0, 0.1) is 0 Å². The van der Waals surface area contributed by atoms with Crippen LogP contribution < -0.4 is 0 Å². The van der Waals surface area contributed by atoms with Gasteiger partial charge in [0.2, 0.25) is 0 Å². The highest BCUT2D eigenvalue weighted by Crippen LogP contribution is 1.96. The van der Waals surface area contributed by atoms with Crippen LogP contribution in [0.25, 0.3) is 0 Å². The second-order valence-corrected chi connectivity index (χ2v) is 3.09. The van der Waals surface area contributed by atoms with E-state index in [1.54, 1.807) is 0 Å². The minimum absolute atomic E-state index is 0.230. The Morgan fingerprint density at radius 1 is 1.00 bits per heavy atom. The quantitative estimate of drug-likeness (QED) is 0.579. The molecule has 0 aliphatic heterocycles. The minimum Gasteiger partial charge on any atom is -0.469 e. The summed E-state index contributed by atoms with van der Waals surface area (Å²) in [7, 11) is 2.74. The lowest BCUT2D eigenvalue weighted by Crippen LogP contribution is -2.29. The van der Waals surface area contributed by atoms with Gasteiger partial charge in [-0.05, 0) is 6.54 Å². The first-order valence-electron chi connectivity index (χ1n) is 5.00. The van der Waals surface area contributed by atoms with E-state index in [0.29, 0.717) is 25.9 Å². The Hall–Kier alpha value is -1.10. The highest BCUT2D eigenvalue weighted by atomic mass is 16.5. The number of ether oxygens (including phenoxy) is 2. The predicted octanol–water partition coefficient (Wildman–Crippen LogP) is 0.434. The fourth-order valence-corrected chi connectivity index (χ4v) is 1.13. The summed E-state index contributed by atoms with van der Waals surface area (Å²) in [4.78, 5) is 23.8. The van der Waals surface area contributed by atoms with Gasteiger partial charge in [0.1, 0.15) is 0 Å². The van der Waals surface area contributed by atoms with E-state index in [1.807, 2.05) is 11.8 Å². The zero-order valence-corrected chi connectivity index (χ0v) is 9.62. The van der Waals surface area contributed by atoms with Gasteiger partial charge >= 0.3 is 11.9 Å². The first-order chi connectivity index (χ1) is 7.13. The van der Waals surface area contributed by atoms with Crippen molar-refractivity contribution in [3.8, 4) is 0 Å². The van der Waals surface area contributed by atoms with Gasteiger partial charge in [0.05, 0.1) is 27.1 Å². The summed E-state index contributed by atoms with van der Waals surface area (Å²) >= 11 is 0. The molecule has 5 heteroatoms. The van der Waals surface area contributed by atoms with Crippen LogP contribution in [0.15, 0.2) is 0 Å². The van der Waals surface area contributed by atoms with E-state index in [-0.39, 0.29) is 11.9 Å². The zero-order valence-electron chi connectivity index (χ0n) is 9.62. The van der Waals surface area contributed by atoms with E-state index in [1.165, 1.54) is 14.2 Å². The maximum absolute atomic E-state index is 10.9. The smallest absolute Gasteiger partial charge is 0.306 e. The summed E-state index contributed by atoms with van der Waals surface area (Å²) in [5, 5.41) is 0. The Balaban J connectivity index is 3.73. The minimum atomic E-state index is -0.230. The molecule has 0 saturated heterocycles. The van der Waals surface area contributed by atoms with Gasteiger partial charge in [-0.25, -0.2) is 0 Å². The van der Waals surface area contributed by atoms with E-state index >= 15 is 0 Å². The van der Waals surface area contributed by atoms with Gasteiger partial charge in [-0.3, -0.25) is 9.59 Å². The van der Waals surface area contributed by atoms with Crippen LogP contribution in [0.5, 0.6) is 0 Å². The van der Waals surface area contributed by atoms with E-state index in [9.17, 15) is 9.59 Å². The van der Waals surface area contributed by atoms with Gasteiger partial charge in [0.15, 0.2) is 0 Å². The number of carbonyl (C=O) groups excluding carboxylic acids is 2. The van der Waals surface area contributed by atoms with E-state index in [4.69, 9.17) is 0 Å². The van der Waals surface area contributed by atoms with Crippen LogP contribution in [0.1, 0.15) is 19.8 Å². The molecule has 88 valence electrons. The lowest BCUT2D eigenvalue weighted by Gasteiger charge is -2.18. The van der Waals surface area contributed by atoms with Crippen molar-refractivity contribution < 1.29 is 19.1 Å². The second kappa shape index (κ2) is 8.23. The third-order valence-corrected chi connectivity index (χ3v) is 2.17. The van der Waals surface area contributed by atoms with Crippen molar-refractivity contribution in [3.63, 3.8) is 0 Å². The molecule has 0 aliphatic carbocycles. The van der Waals surface area contributed by atoms with Gasteiger partial charge in [0, 0.05) is 13.1 Å². The molecule has 0 rings (SSSR count). The number of hydrogen-bond acceptors (Lipinski definition) is 5. The molecule has 0 aromatic rings. The molecule has 0 aliphatic rings. The molecule has 0 aromatic carbocycles. The van der Waals surface area contributed by atoms with E-state index in [0.717, 1.165) is 6.54 Å². The Labute approximate surface area is 90.3 Å². The van der Waals surface area contributed by atoms with Crippen molar-refractivity contribution in [1.82, 2.24) is 4.90 Å². The normalized spacial score (nSPS) is 10.1. The van der Waals surface area contributed by atoms with Crippen LogP contribution in [0.2, 0.25) is 0 Å². The number of esters is 2. The monoisotopic (exact) mass is 217 g/mol. The van der Waals surface area contributed by atoms with E-state index in [2.05, 4.69) is 9.47 Å². The summed E-state index contributed by atoms with van der Waals surface area (Å²) in [6, 6.07) is 0. The average Bonchev–Trinajstić information content (AvgIpc) is 2.28. The molecule has 0 aromatic heterocycles. The van der Waals surface area contributed by atoms with E-state index < -0.39 is 0 Å². The standard InChI is InChI=1S/C10H19NO4/c1-4-11(7-5-9(12)14-2)8-6-10(13)15-3/h4-8H2,1-3H3. The topological polar surface area (TPSA) is 55.8 Å². The van der Waals surface area contributed by atoms with Crippen molar-refractivity contribution in [1.29, 1.82) is 0 Å². The molecule has 0 saturated carbocycles. The van der Waals surface area contributed by atoms with Crippen LogP contribution in [0.4, 0.5) is 0 Å². The molecular formula is C10H19NO4. The van der Waals surface area contributed by atoms with Crippen molar-refractivity contribution >= 4 is 11.9 Å². The third kappa shape index (κ3) is 6.90. The molecule has 0 unspecified atom stereocenters. The van der Waals surface area contributed by atoms with Crippen LogP contribution in [-0.4, -0.2) is 50.7 Å². The first-order valence-corrected chi connectivity index (χ1v) is 5.00. The van der Waals surface area contributed by atoms with Gasteiger partial charge in [-0.1, -0.05) is 6.92 Å². The number of rotatable bonds is 7. The Kier molecular flexibility index (Phi) is 7.62. The summed E-state index contributed by atoms with van der Waals surface area (Å²) in [5.41, 5.74) is 0. The molecule has 15 heavy (non-hydrogen) atoms. The Morgan fingerprint density at radius 2 is 1.40 bits per heavy atom. The summed E-state index contributed by atoms with van der Waals surface area (Å²) in [6.07, 6.45) is 0.705. The largest absolute Gasteiger partial charge is 0.469 e. The molecule has 0 heterocycles. The van der Waals surface area contributed by atoms with Gasteiger partial charge in [-0.2, -0.15) is 0 Å². The third-order valence-electron chi connectivity index (χ3n) is 2.17. The van der Waals surface area contributed by atoms with Crippen molar-refractivity contribution in [2.24, 2.45) is 0 Å².